The predicted molar refractivity (Wildman–Crippen MR) is 126 cm³/mol. The van der Waals surface area contributed by atoms with Crippen LogP contribution in [0.2, 0.25) is 5.02 Å². The molecule has 0 aliphatic rings. The standard InChI is InChI=1S/C24H14ClN3O2S/c25-18-7-8-19-20(13-18)27-14-28(24(19)30)21(22(29)23-26-9-10-31-23)12-15-5-6-16-3-1-2-4-17(16)11-15/h1-14H/b21-12-. The normalized spacial score (nSPS) is 11.8. The Balaban J connectivity index is 1.73. The summed E-state index contributed by atoms with van der Waals surface area (Å²) < 4.78 is 1.27. The minimum absolute atomic E-state index is 0.180. The summed E-state index contributed by atoms with van der Waals surface area (Å²) in [7, 11) is 0. The lowest BCUT2D eigenvalue weighted by Gasteiger charge is -2.10. The Morgan fingerprint density at radius 1 is 1.00 bits per heavy atom. The highest BCUT2D eigenvalue weighted by atomic mass is 35.5. The van der Waals surface area contributed by atoms with Crippen LogP contribution in [0, 0.1) is 0 Å². The summed E-state index contributed by atoms with van der Waals surface area (Å²) in [6.07, 6.45) is 4.62. The number of aromatic nitrogens is 3. The van der Waals surface area contributed by atoms with Gasteiger partial charge in [-0.15, -0.1) is 11.3 Å². The summed E-state index contributed by atoms with van der Waals surface area (Å²) in [6, 6.07) is 18.7. The van der Waals surface area contributed by atoms with Crippen LogP contribution in [0.15, 0.2) is 83.4 Å². The number of fused-ring (bicyclic) bond motifs is 2. The molecular formula is C24H14ClN3O2S. The molecule has 2 heterocycles. The smallest absolute Gasteiger partial charge is 0.265 e. The van der Waals surface area contributed by atoms with Gasteiger partial charge in [-0.25, -0.2) is 9.97 Å². The third-order valence-corrected chi connectivity index (χ3v) is 5.92. The van der Waals surface area contributed by atoms with Crippen LogP contribution in [0.1, 0.15) is 15.4 Å². The maximum atomic E-state index is 13.3. The quantitative estimate of drug-likeness (QED) is 0.270. The van der Waals surface area contributed by atoms with Crippen molar-refractivity contribution in [3.63, 3.8) is 0 Å². The predicted octanol–water partition coefficient (Wildman–Crippen LogP) is 5.54. The number of carbonyl (C=O) groups excluding carboxylic acids is 1. The molecule has 5 aromatic rings. The number of nitrogens with zero attached hydrogens (tertiary/aromatic N) is 3. The van der Waals surface area contributed by atoms with E-state index in [2.05, 4.69) is 9.97 Å². The highest BCUT2D eigenvalue weighted by Crippen LogP contribution is 2.22. The summed E-state index contributed by atoms with van der Waals surface area (Å²) in [5.74, 6) is -0.347. The molecule has 0 fully saturated rings. The molecule has 0 unspecified atom stereocenters. The Morgan fingerprint density at radius 2 is 1.84 bits per heavy atom. The number of halogens is 1. The second kappa shape index (κ2) is 7.91. The fourth-order valence-electron chi connectivity index (χ4n) is 3.41. The van der Waals surface area contributed by atoms with E-state index in [0.717, 1.165) is 16.3 Å². The maximum absolute atomic E-state index is 13.3. The van der Waals surface area contributed by atoms with E-state index in [9.17, 15) is 9.59 Å². The summed E-state index contributed by atoms with van der Waals surface area (Å²) in [5, 5.41) is 5.02. The summed E-state index contributed by atoms with van der Waals surface area (Å²) >= 11 is 7.25. The lowest BCUT2D eigenvalue weighted by Crippen LogP contribution is -2.23. The van der Waals surface area contributed by atoms with Crippen molar-refractivity contribution in [3.05, 3.63) is 105 Å². The first-order valence-corrected chi connectivity index (χ1v) is 10.7. The first kappa shape index (κ1) is 19.4. The van der Waals surface area contributed by atoms with E-state index >= 15 is 0 Å². The lowest BCUT2D eigenvalue weighted by molar-refractivity contribution is 0.105. The number of ketones is 1. The fourth-order valence-corrected chi connectivity index (χ4v) is 4.16. The molecule has 2 aromatic heterocycles. The molecule has 31 heavy (non-hydrogen) atoms. The van der Waals surface area contributed by atoms with Crippen LogP contribution >= 0.6 is 22.9 Å². The molecule has 0 bridgehead atoms. The topological polar surface area (TPSA) is 64.8 Å². The van der Waals surface area contributed by atoms with Gasteiger partial charge in [0.05, 0.1) is 10.9 Å². The van der Waals surface area contributed by atoms with Gasteiger partial charge in [0.15, 0.2) is 5.01 Å². The van der Waals surface area contributed by atoms with Gasteiger partial charge in [-0.2, -0.15) is 0 Å². The molecule has 3 aromatic carbocycles. The molecule has 0 N–H and O–H groups in total. The SMILES string of the molecule is O=C(/C(=C/c1ccc2ccccc2c1)n1cnc2cc(Cl)ccc2c1=O)c1nccs1. The Kier molecular flexibility index (Phi) is 4.94. The van der Waals surface area contributed by atoms with E-state index in [1.165, 1.54) is 22.2 Å². The van der Waals surface area contributed by atoms with Crippen LogP contribution in [-0.4, -0.2) is 20.3 Å². The second-order valence-corrected chi connectivity index (χ2v) is 8.21. The first-order chi connectivity index (χ1) is 15.1. The molecule has 7 heteroatoms. The van der Waals surface area contributed by atoms with Crippen molar-refractivity contribution < 1.29 is 4.79 Å². The van der Waals surface area contributed by atoms with Crippen molar-refractivity contribution in [2.75, 3.05) is 0 Å². The summed E-state index contributed by atoms with van der Waals surface area (Å²) in [5.41, 5.74) is 1.10. The number of benzene rings is 3. The average molecular weight is 444 g/mol. The Labute approximate surface area is 185 Å². The lowest BCUT2D eigenvalue weighted by atomic mass is 10.1. The zero-order chi connectivity index (χ0) is 21.4. The van der Waals surface area contributed by atoms with Gasteiger partial charge < -0.3 is 0 Å². The zero-order valence-electron chi connectivity index (χ0n) is 16.0. The van der Waals surface area contributed by atoms with Crippen LogP contribution in [0.25, 0.3) is 33.4 Å². The van der Waals surface area contributed by atoms with E-state index in [1.807, 2.05) is 42.5 Å². The van der Waals surface area contributed by atoms with E-state index in [-0.39, 0.29) is 17.0 Å². The van der Waals surface area contributed by atoms with Crippen LogP contribution < -0.4 is 5.56 Å². The molecule has 150 valence electrons. The van der Waals surface area contributed by atoms with Crippen LogP contribution in [0.5, 0.6) is 0 Å². The molecule has 5 rings (SSSR count). The molecular weight excluding hydrogens is 430 g/mol. The number of hydrogen-bond acceptors (Lipinski definition) is 5. The van der Waals surface area contributed by atoms with Gasteiger partial charge >= 0.3 is 0 Å². The molecule has 0 aliphatic heterocycles. The van der Waals surface area contributed by atoms with Crippen LogP contribution in [0.4, 0.5) is 0 Å². The van der Waals surface area contributed by atoms with Crippen molar-refractivity contribution in [2.24, 2.45) is 0 Å². The van der Waals surface area contributed by atoms with Crippen molar-refractivity contribution >= 4 is 62.2 Å². The monoisotopic (exact) mass is 443 g/mol. The molecule has 0 radical (unpaired) electrons. The Morgan fingerprint density at radius 3 is 2.65 bits per heavy atom. The minimum atomic E-state index is -0.349. The van der Waals surface area contributed by atoms with E-state index in [4.69, 9.17) is 11.6 Å². The van der Waals surface area contributed by atoms with Crippen molar-refractivity contribution in [3.8, 4) is 0 Å². The number of allylic oxidation sites excluding steroid dienone is 1. The summed E-state index contributed by atoms with van der Waals surface area (Å²) in [4.78, 5) is 35.0. The molecule has 5 nitrogen and oxygen atoms in total. The van der Waals surface area contributed by atoms with Gasteiger partial charge in [0.1, 0.15) is 12.0 Å². The average Bonchev–Trinajstić information content (AvgIpc) is 3.32. The molecule has 0 amide bonds. The number of rotatable bonds is 4. The Bertz CT molecular complexity index is 1540. The van der Waals surface area contributed by atoms with Gasteiger partial charge in [0, 0.05) is 16.6 Å². The van der Waals surface area contributed by atoms with Crippen molar-refractivity contribution in [1.82, 2.24) is 14.5 Å². The highest BCUT2D eigenvalue weighted by molar-refractivity contribution is 7.12. The van der Waals surface area contributed by atoms with E-state index in [0.29, 0.717) is 20.9 Å². The third-order valence-electron chi connectivity index (χ3n) is 4.92. The number of hydrogen-bond donors (Lipinski definition) is 0. The van der Waals surface area contributed by atoms with Crippen molar-refractivity contribution in [1.29, 1.82) is 0 Å². The van der Waals surface area contributed by atoms with Crippen molar-refractivity contribution in [2.45, 2.75) is 0 Å². The van der Waals surface area contributed by atoms with Crippen LogP contribution in [0.3, 0.4) is 0 Å². The maximum Gasteiger partial charge on any atom is 0.265 e. The third kappa shape index (κ3) is 3.67. The zero-order valence-corrected chi connectivity index (χ0v) is 17.6. The minimum Gasteiger partial charge on any atom is -0.284 e. The molecule has 0 atom stereocenters. The molecule has 0 aliphatic carbocycles. The molecule has 0 spiro atoms. The van der Waals surface area contributed by atoms with E-state index < -0.39 is 0 Å². The fraction of sp³-hybridized carbons (Fsp3) is 0. The number of Topliss-reactive ketones (excluding diaryl/α,β-unsaturated/α-hetero) is 1. The second-order valence-electron chi connectivity index (χ2n) is 6.88. The van der Waals surface area contributed by atoms with Gasteiger partial charge in [-0.3, -0.25) is 14.2 Å². The largest absolute Gasteiger partial charge is 0.284 e. The van der Waals surface area contributed by atoms with Gasteiger partial charge in [0.25, 0.3) is 5.56 Å². The van der Waals surface area contributed by atoms with Gasteiger partial charge in [-0.1, -0.05) is 48.0 Å². The molecule has 0 saturated heterocycles. The molecule has 0 saturated carbocycles. The number of carbonyl (C=O) groups is 1. The van der Waals surface area contributed by atoms with Gasteiger partial charge in [0.2, 0.25) is 5.78 Å². The van der Waals surface area contributed by atoms with Crippen LogP contribution in [-0.2, 0) is 0 Å². The Hall–Kier alpha value is -3.61. The summed E-state index contributed by atoms with van der Waals surface area (Å²) in [6.45, 7) is 0. The van der Waals surface area contributed by atoms with Gasteiger partial charge in [-0.05, 0) is 46.7 Å². The first-order valence-electron chi connectivity index (χ1n) is 9.42. The van der Waals surface area contributed by atoms with E-state index in [1.54, 1.807) is 35.9 Å². The number of thiazole rings is 1. The highest BCUT2D eigenvalue weighted by Gasteiger charge is 2.19.